The number of para-hydroxylation sites is 1. The second-order valence-electron chi connectivity index (χ2n) is 5.08. The Morgan fingerprint density at radius 3 is 2.62 bits per heavy atom. The van der Waals surface area contributed by atoms with Crippen molar-refractivity contribution >= 4 is 11.6 Å². The van der Waals surface area contributed by atoms with Crippen molar-refractivity contribution in [3.05, 3.63) is 77.7 Å². The third-order valence-electron chi connectivity index (χ3n) is 3.21. The highest BCUT2D eigenvalue weighted by Gasteiger charge is 2.10. The number of hydrogen-bond donors (Lipinski definition) is 1. The molecule has 120 valence electrons. The quantitative estimate of drug-likeness (QED) is 0.789. The van der Waals surface area contributed by atoms with Gasteiger partial charge in [0.05, 0.1) is 11.4 Å². The van der Waals surface area contributed by atoms with Crippen LogP contribution in [-0.2, 0) is 0 Å². The Morgan fingerprint density at radius 2 is 1.88 bits per heavy atom. The number of anilines is 1. The van der Waals surface area contributed by atoms with Gasteiger partial charge in [-0.3, -0.25) is 4.79 Å². The number of ether oxygens (including phenoxy) is 1. The van der Waals surface area contributed by atoms with Crippen LogP contribution < -0.4 is 10.1 Å². The van der Waals surface area contributed by atoms with Crippen molar-refractivity contribution in [2.24, 2.45) is 0 Å². The summed E-state index contributed by atoms with van der Waals surface area (Å²) in [6, 6.07) is 16.0. The standard InChI is InChI=1S/C18H14FN3O2/c1-12-9-10-17(22-21-12)24-14-6-4-5-13(11-14)18(23)20-16-8-3-2-7-15(16)19/h2-11H,1H3,(H,20,23). The average Bonchev–Trinajstić information content (AvgIpc) is 2.59. The van der Waals surface area contributed by atoms with Crippen LogP contribution in [0.15, 0.2) is 60.7 Å². The lowest BCUT2D eigenvalue weighted by atomic mass is 10.2. The molecule has 3 rings (SSSR count). The van der Waals surface area contributed by atoms with Gasteiger partial charge < -0.3 is 10.1 Å². The van der Waals surface area contributed by atoms with Gasteiger partial charge in [0.1, 0.15) is 11.6 Å². The smallest absolute Gasteiger partial charge is 0.255 e. The molecule has 1 aromatic heterocycles. The molecule has 0 saturated carbocycles. The summed E-state index contributed by atoms with van der Waals surface area (Å²) in [4.78, 5) is 12.3. The van der Waals surface area contributed by atoms with E-state index >= 15 is 0 Å². The number of halogens is 1. The molecule has 1 amide bonds. The number of hydrogen-bond acceptors (Lipinski definition) is 4. The van der Waals surface area contributed by atoms with E-state index in [4.69, 9.17) is 4.74 Å². The maximum Gasteiger partial charge on any atom is 0.255 e. The molecule has 2 aromatic carbocycles. The summed E-state index contributed by atoms with van der Waals surface area (Å²) in [5.74, 6) is -0.157. The Labute approximate surface area is 138 Å². The maximum atomic E-state index is 13.6. The highest BCUT2D eigenvalue weighted by molar-refractivity contribution is 6.04. The normalized spacial score (nSPS) is 10.2. The van der Waals surface area contributed by atoms with E-state index in [9.17, 15) is 9.18 Å². The summed E-state index contributed by atoms with van der Waals surface area (Å²) in [5.41, 5.74) is 1.24. The number of carbonyl (C=O) groups excluding carboxylic acids is 1. The monoisotopic (exact) mass is 323 g/mol. The molecule has 0 saturated heterocycles. The van der Waals surface area contributed by atoms with Crippen LogP contribution >= 0.6 is 0 Å². The number of benzene rings is 2. The molecule has 3 aromatic rings. The molecule has 0 atom stereocenters. The van der Waals surface area contributed by atoms with Crippen LogP contribution in [0.5, 0.6) is 11.6 Å². The molecule has 0 bridgehead atoms. The Balaban J connectivity index is 1.76. The lowest BCUT2D eigenvalue weighted by Gasteiger charge is -2.08. The fourth-order valence-electron chi connectivity index (χ4n) is 2.02. The lowest BCUT2D eigenvalue weighted by Crippen LogP contribution is -2.12. The number of aromatic nitrogens is 2. The van der Waals surface area contributed by atoms with Crippen LogP contribution in [0.1, 0.15) is 16.1 Å². The van der Waals surface area contributed by atoms with E-state index in [-0.39, 0.29) is 5.69 Å². The van der Waals surface area contributed by atoms with Crippen molar-refractivity contribution < 1.29 is 13.9 Å². The first-order chi connectivity index (χ1) is 11.6. The van der Waals surface area contributed by atoms with Gasteiger partial charge in [-0.05, 0) is 43.3 Å². The van der Waals surface area contributed by atoms with Crippen molar-refractivity contribution in [2.45, 2.75) is 6.92 Å². The minimum Gasteiger partial charge on any atom is -0.438 e. The maximum absolute atomic E-state index is 13.6. The van der Waals surface area contributed by atoms with Gasteiger partial charge in [-0.25, -0.2) is 4.39 Å². The molecule has 24 heavy (non-hydrogen) atoms. The first-order valence-corrected chi connectivity index (χ1v) is 7.26. The Morgan fingerprint density at radius 1 is 1.04 bits per heavy atom. The van der Waals surface area contributed by atoms with Crippen LogP contribution in [0, 0.1) is 12.7 Å². The molecule has 1 heterocycles. The van der Waals surface area contributed by atoms with Gasteiger partial charge in [0.25, 0.3) is 5.91 Å². The molecule has 0 spiro atoms. The van der Waals surface area contributed by atoms with Gasteiger partial charge in [0.2, 0.25) is 5.88 Å². The van der Waals surface area contributed by atoms with Crippen molar-refractivity contribution in [3.8, 4) is 11.6 Å². The molecule has 5 nitrogen and oxygen atoms in total. The Kier molecular flexibility index (Phi) is 4.47. The van der Waals surface area contributed by atoms with Gasteiger partial charge in [0, 0.05) is 11.6 Å². The number of carbonyl (C=O) groups is 1. The first kappa shape index (κ1) is 15.6. The minimum atomic E-state index is -0.492. The summed E-state index contributed by atoms with van der Waals surface area (Å²) >= 11 is 0. The third kappa shape index (κ3) is 3.73. The second kappa shape index (κ2) is 6.87. The Hall–Kier alpha value is -3.28. The van der Waals surface area contributed by atoms with Crippen LogP contribution in [0.2, 0.25) is 0 Å². The highest BCUT2D eigenvalue weighted by atomic mass is 19.1. The molecule has 0 aliphatic rings. The molecule has 0 aliphatic heterocycles. The van der Waals surface area contributed by atoms with E-state index in [2.05, 4.69) is 15.5 Å². The molecule has 0 radical (unpaired) electrons. The highest BCUT2D eigenvalue weighted by Crippen LogP contribution is 2.21. The van der Waals surface area contributed by atoms with Gasteiger partial charge in [-0.2, -0.15) is 5.10 Å². The first-order valence-electron chi connectivity index (χ1n) is 7.26. The van der Waals surface area contributed by atoms with Crippen molar-refractivity contribution in [1.29, 1.82) is 0 Å². The van der Waals surface area contributed by atoms with Crippen molar-refractivity contribution in [1.82, 2.24) is 10.2 Å². The predicted octanol–water partition coefficient (Wildman–Crippen LogP) is 3.97. The number of nitrogens with zero attached hydrogens (tertiary/aromatic N) is 2. The zero-order valence-corrected chi connectivity index (χ0v) is 12.9. The third-order valence-corrected chi connectivity index (χ3v) is 3.21. The number of aryl methyl sites for hydroxylation is 1. The number of rotatable bonds is 4. The van der Waals surface area contributed by atoms with E-state index in [0.717, 1.165) is 5.69 Å². The molecule has 6 heteroatoms. The molecule has 0 fully saturated rings. The number of nitrogens with one attached hydrogen (secondary N) is 1. The van der Waals surface area contributed by atoms with Gasteiger partial charge >= 0.3 is 0 Å². The second-order valence-corrected chi connectivity index (χ2v) is 5.08. The predicted molar refractivity (Wildman–Crippen MR) is 87.6 cm³/mol. The average molecular weight is 323 g/mol. The van der Waals surface area contributed by atoms with Crippen LogP contribution in [0.4, 0.5) is 10.1 Å². The molecule has 0 aliphatic carbocycles. The summed E-state index contributed by atoms with van der Waals surface area (Å²) in [7, 11) is 0. The largest absolute Gasteiger partial charge is 0.438 e. The zero-order valence-electron chi connectivity index (χ0n) is 12.9. The number of amides is 1. The van der Waals surface area contributed by atoms with Gasteiger partial charge in [0.15, 0.2) is 0 Å². The fourth-order valence-corrected chi connectivity index (χ4v) is 2.02. The Bertz CT molecular complexity index is 866. The van der Waals surface area contributed by atoms with E-state index < -0.39 is 11.7 Å². The summed E-state index contributed by atoms with van der Waals surface area (Å²) in [6.07, 6.45) is 0. The van der Waals surface area contributed by atoms with Gasteiger partial charge in [-0.1, -0.05) is 18.2 Å². The summed E-state index contributed by atoms with van der Waals surface area (Å²) in [5, 5.41) is 10.3. The van der Waals surface area contributed by atoms with Crippen LogP contribution in [0.3, 0.4) is 0 Å². The molecular weight excluding hydrogens is 309 g/mol. The topological polar surface area (TPSA) is 64.1 Å². The summed E-state index contributed by atoms with van der Waals surface area (Å²) in [6.45, 7) is 1.82. The van der Waals surface area contributed by atoms with E-state index in [0.29, 0.717) is 17.2 Å². The summed E-state index contributed by atoms with van der Waals surface area (Å²) < 4.78 is 19.2. The van der Waals surface area contributed by atoms with Crippen molar-refractivity contribution in [3.63, 3.8) is 0 Å². The molecule has 0 unspecified atom stereocenters. The molecule has 1 N–H and O–H groups in total. The van der Waals surface area contributed by atoms with Gasteiger partial charge in [-0.15, -0.1) is 5.10 Å². The minimum absolute atomic E-state index is 0.123. The van der Waals surface area contributed by atoms with Crippen LogP contribution in [0.25, 0.3) is 0 Å². The molecular formula is C18H14FN3O2. The SMILES string of the molecule is Cc1ccc(Oc2cccc(C(=O)Nc3ccccc3F)c2)nn1. The van der Waals surface area contributed by atoms with Crippen LogP contribution in [-0.4, -0.2) is 16.1 Å². The van der Waals surface area contributed by atoms with E-state index in [1.54, 1.807) is 48.5 Å². The van der Waals surface area contributed by atoms with E-state index in [1.165, 1.54) is 12.1 Å². The van der Waals surface area contributed by atoms with Crippen molar-refractivity contribution in [2.75, 3.05) is 5.32 Å². The fraction of sp³-hybridized carbons (Fsp3) is 0.0556. The van der Waals surface area contributed by atoms with E-state index in [1.807, 2.05) is 6.92 Å². The zero-order chi connectivity index (χ0) is 16.9. The lowest BCUT2D eigenvalue weighted by molar-refractivity contribution is 0.102.